The Kier molecular flexibility index (Phi) is 7.07. The van der Waals surface area contributed by atoms with Crippen LogP contribution >= 0.6 is 12.2 Å². The molecular formula is C11H21N3O2S. The molecule has 0 atom stereocenters. The van der Waals surface area contributed by atoms with Crippen molar-refractivity contribution in [3.63, 3.8) is 0 Å². The van der Waals surface area contributed by atoms with Gasteiger partial charge in [0, 0.05) is 32.6 Å². The largest absolute Gasteiger partial charge is 0.379 e. The molecule has 5 nitrogen and oxygen atoms in total. The zero-order valence-corrected chi connectivity index (χ0v) is 11.1. The van der Waals surface area contributed by atoms with E-state index >= 15 is 0 Å². The van der Waals surface area contributed by atoms with E-state index in [0.717, 1.165) is 45.8 Å². The van der Waals surface area contributed by atoms with E-state index in [1.807, 2.05) is 6.92 Å². The minimum atomic E-state index is -0.0172. The normalized spacial score (nSPS) is 16.5. The molecule has 1 aliphatic rings. The molecule has 2 N–H and O–H groups in total. The number of thiocarbonyl (C=S) groups is 1. The Balaban J connectivity index is 2.05. The number of hydrogen-bond donors (Lipinski definition) is 2. The van der Waals surface area contributed by atoms with Gasteiger partial charge in [-0.25, -0.2) is 0 Å². The average Bonchev–Trinajstić information content (AvgIpc) is 2.30. The Morgan fingerprint density at radius 3 is 2.76 bits per heavy atom. The van der Waals surface area contributed by atoms with Crippen LogP contribution in [-0.2, 0) is 9.53 Å². The van der Waals surface area contributed by atoms with Gasteiger partial charge in [-0.05, 0) is 18.6 Å². The average molecular weight is 259 g/mol. The Morgan fingerprint density at radius 1 is 1.41 bits per heavy atom. The van der Waals surface area contributed by atoms with Gasteiger partial charge in [0.15, 0.2) is 5.11 Å². The highest BCUT2D eigenvalue weighted by Gasteiger charge is 2.09. The summed E-state index contributed by atoms with van der Waals surface area (Å²) in [6, 6.07) is 0. The van der Waals surface area contributed by atoms with Crippen LogP contribution in [0, 0.1) is 0 Å². The molecule has 0 aliphatic carbocycles. The minimum Gasteiger partial charge on any atom is -0.379 e. The first-order chi connectivity index (χ1) is 8.22. The van der Waals surface area contributed by atoms with Crippen LogP contribution in [0.5, 0.6) is 0 Å². The van der Waals surface area contributed by atoms with Crippen molar-refractivity contribution in [2.45, 2.75) is 19.8 Å². The minimum absolute atomic E-state index is 0.0172. The molecule has 0 saturated carbocycles. The molecule has 0 radical (unpaired) electrons. The molecule has 0 unspecified atom stereocenters. The second kappa shape index (κ2) is 8.38. The van der Waals surface area contributed by atoms with Crippen LogP contribution in [0.15, 0.2) is 0 Å². The lowest BCUT2D eigenvalue weighted by Gasteiger charge is -2.26. The van der Waals surface area contributed by atoms with Crippen LogP contribution in [0.3, 0.4) is 0 Å². The molecule has 1 amide bonds. The highest BCUT2D eigenvalue weighted by atomic mass is 32.1. The van der Waals surface area contributed by atoms with E-state index in [1.54, 1.807) is 0 Å². The summed E-state index contributed by atoms with van der Waals surface area (Å²) < 4.78 is 5.26. The Hall–Kier alpha value is -0.720. The van der Waals surface area contributed by atoms with E-state index < -0.39 is 0 Å². The third kappa shape index (κ3) is 6.55. The topological polar surface area (TPSA) is 53.6 Å². The lowest BCUT2D eigenvalue weighted by molar-refractivity contribution is -0.119. The van der Waals surface area contributed by atoms with Gasteiger partial charge < -0.3 is 15.4 Å². The molecule has 1 aliphatic heterocycles. The van der Waals surface area contributed by atoms with Gasteiger partial charge in [0.1, 0.15) is 0 Å². The van der Waals surface area contributed by atoms with E-state index in [9.17, 15) is 4.79 Å². The predicted molar refractivity (Wildman–Crippen MR) is 70.9 cm³/mol. The van der Waals surface area contributed by atoms with E-state index in [2.05, 4.69) is 15.5 Å². The van der Waals surface area contributed by atoms with Crippen molar-refractivity contribution < 1.29 is 9.53 Å². The summed E-state index contributed by atoms with van der Waals surface area (Å²) >= 11 is 5.03. The lowest BCUT2D eigenvalue weighted by Crippen LogP contribution is -2.44. The maximum Gasteiger partial charge on any atom is 0.226 e. The van der Waals surface area contributed by atoms with E-state index in [4.69, 9.17) is 17.0 Å². The van der Waals surface area contributed by atoms with Crippen LogP contribution in [0.2, 0.25) is 0 Å². The maximum absolute atomic E-state index is 11.3. The molecule has 17 heavy (non-hydrogen) atoms. The fourth-order valence-electron chi connectivity index (χ4n) is 1.61. The summed E-state index contributed by atoms with van der Waals surface area (Å²) in [4.78, 5) is 13.6. The molecule has 0 aromatic carbocycles. The van der Waals surface area contributed by atoms with Crippen LogP contribution in [0.1, 0.15) is 19.8 Å². The molecule has 6 heteroatoms. The van der Waals surface area contributed by atoms with Crippen molar-refractivity contribution in [2.24, 2.45) is 0 Å². The Bertz CT molecular complexity index is 255. The van der Waals surface area contributed by atoms with Gasteiger partial charge >= 0.3 is 0 Å². The van der Waals surface area contributed by atoms with Gasteiger partial charge in [-0.1, -0.05) is 6.92 Å². The van der Waals surface area contributed by atoms with Gasteiger partial charge in [0.05, 0.1) is 13.2 Å². The summed E-state index contributed by atoms with van der Waals surface area (Å²) in [5, 5.41) is 6.12. The molecule has 1 heterocycles. The molecule has 1 rings (SSSR count). The number of rotatable bonds is 5. The monoisotopic (exact) mass is 259 g/mol. The molecule has 0 aromatic rings. The number of nitrogens with one attached hydrogen (secondary N) is 2. The van der Waals surface area contributed by atoms with Crippen molar-refractivity contribution in [3.05, 3.63) is 0 Å². The van der Waals surface area contributed by atoms with E-state index in [0.29, 0.717) is 11.5 Å². The van der Waals surface area contributed by atoms with Gasteiger partial charge in [-0.2, -0.15) is 0 Å². The highest BCUT2D eigenvalue weighted by molar-refractivity contribution is 7.80. The van der Waals surface area contributed by atoms with Crippen molar-refractivity contribution in [1.82, 2.24) is 15.5 Å². The first kappa shape index (κ1) is 14.3. The Labute approximate surface area is 108 Å². The number of carbonyl (C=O) groups excluding carboxylic acids is 1. The quantitative estimate of drug-likeness (QED) is 0.686. The van der Waals surface area contributed by atoms with Crippen molar-refractivity contribution in [2.75, 3.05) is 39.4 Å². The lowest BCUT2D eigenvalue weighted by atomic mass is 10.3. The van der Waals surface area contributed by atoms with Crippen molar-refractivity contribution in [3.8, 4) is 0 Å². The maximum atomic E-state index is 11.3. The molecule has 0 bridgehead atoms. The standard InChI is InChI=1S/C11H21N3O2S/c1-2-3-10(15)13-11(17)12-4-5-14-6-8-16-9-7-14/h2-9H2,1H3,(H2,12,13,15,17). The number of morpholine rings is 1. The first-order valence-electron chi connectivity index (χ1n) is 6.10. The van der Waals surface area contributed by atoms with E-state index in [-0.39, 0.29) is 5.91 Å². The number of nitrogens with zero attached hydrogens (tertiary/aromatic N) is 1. The van der Waals surface area contributed by atoms with Gasteiger partial charge in [0.25, 0.3) is 0 Å². The molecule has 1 saturated heterocycles. The van der Waals surface area contributed by atoms with Crippen molar-refractivity contribution in [1.29, 1.82) is 0 Å². The summed E-state index contributed by atoms with van der Waals surface area (Å²) in [6.45, 7) is 7.19. The second-order valence-electron chi connectivity index (χ2n) is 4.01. The van der Waals surface area contributed by atoms with Crippen LogP contribution in [-0.4, -0.2) is 55.3 Å². The fraction of sp³-hybridized carbons (Fsp3) is 0.818. The summed E-state index contributed by atoms with van der Waals surface area (Å²) in [5.41, 5.74) is 0. The second-order valence-corrected chi connectivity index (χ2v) is 4.42. The number of ether oxygens (including phenoxy) is 1. The fourth-order valence-corrected chi connectivity index (χ4v) is 1.83. The molecule has 0 aromatic heterocycles. The smallest absolute Gasteiger partial charge is 0.226 e. The zero-order valence-electron chi connectivity index (χ0n) is 10.3. The highest BCUT2D eigenvalue weighted by Crippen LogP contribution is 1.94. The number of amides is 1. The van der Waals surface area contributed by atoms with Gasteiger partial charge in [0.2, 0.25) is 5.91 Å². The molecule has 98 valence electrons. The number of hydrogen-bond acceptors (Lipinski definition) is 4. The first-order valence-corrected chi connectivity index (χ1v) is 6.51. The van der Waals surface area contributed by atoms with Crippen LogP contribution in [0.4, 0.5) is 0 Å². The van der Waals surface area contributed by atoms with Crippen molar-refractivity contribution >= 4 is 23.2 Å². The Morgan fingerprint density at radius 2 is 2.12 bits per heavy atom. The molecular weight excluding hydrogens is 238 g/mol. The summed E-state index contributed by atoms with van der Waals surface area (Å²) in [6.07, 6.45) is 1.35. The van der Waals surface area contributed by atoms with Crippen LogP contribution in [0.25, 0.3) is 0 Å². The summed E-state index contributed by atoms with van der Waals surface area (Å²) in [7, 11) is 0. The number of carbonyl (C=O) groups is 1. The van der Waals surface area contributed by atoms with E-state index in [1.165, 1.54) is 0 Å². The third-order valence-corrected chi connectivity index (χ3v) is 2.79. The summed E-state index contributed by atoms with van der Waals surface area (Å²) in [5.74, 6) is -0.0172. The molecule has 0 spiro atoms. The zero-order chi connectivity index (χ0) is 12.5. The van der Waals surface area contributed by atoms with Gasteiger partial charge in [-0.3, -0.25) is 9.69 Å². The van der Waals surface area contributed by atoms with Gasteiger partial charge in [-0.15, -0.1) is 0 Å². The predicted octanol–water partition coefficient (Wildman–Crippen LogP) is 0.109. The van der Waals surface area contributed by atoms with Crippen LogP contribution < -0.4 is 10.6 Å². The third-order valence-electron chi connectivity index (χ3n) is 2.55. The SMILES string of the molecule is CCCC(=O)NC(=S)NCCN1CCOCC1. The molecule has 1 fully saturated rings.